The van der Waals surface area contributed by atoms with Crippen molar-refractivity contribution in [3.63, 3.8) is 0 Å². The first kappa shape index (κ1) is 18.5. The van der Waals surface area contributed by atoms with E-state index in [1.807, 2.05) is 49.4 Å². The molecule has 2 rings (SSSR count). The van der Waals surface area contributed by atoms with Crippen molar-refractivity contribution < 1.29 is 14.3 Å². The highest BCUT2D eigenvalue weighted by Crippen LogP contribution is 2.23. The maximum absolute atomic E-state index is 11.9. The normalized spacial score (nSPS) is 10.3. The Morgan fingerprint density at radius 2 is 1.88 bits per heavy atom. The third-order valence-electron chi connectivity index (χ3n) is 3.19. The van der Waals surface area contributed by atoms with Crippen LogP contribution in [0.2, 0.25) is 5.02 Å². The van der Waals surface area contributed by atoms with Gasteiger partial charge in [-0.05, 0) is 48.9 Å². The number of amides is 1. The number of hydrogen-bond donors (Lipinski definition) is 1. The number of rotatable bonds is 8. The summed E-state index contributed by atoms with van der Waals surface area (Å²) in [6.45, 7) is 2.49. The Bertz CT molecular complexity index is 676. The molecule has 0 aliphatic rings. The Balaban J connectivity index is 1.65. The number of benzene rings is 2. The fourth-order valence-electron chi connectivity index (χ4n) is 1.96. The average molecular weight is 366 g/mol. The maximum atomic E-state index is 11.9. The minimum atomic E-state index is -0.0739. The summed E-state index contributed by atoms with van der Waals surface area (Å²) in [6, 6.07) is 13.0. The zero-order valence-electron chi connectivity index (χ0n) is 13.7. The van der Waals surface area contributed by atoms with Gasteiger partial charge in [0.1, 0.15) is 11.5 Å². The van der Waals surface area contributed by atoms with Gasteiger partial charge in [-0.3, -0.25) is 4.79 Å². The molecule has 1 amide bonds. The predicted molar refractivity (Wildman–Crippen MR) is 101 cm³/mol. The summed E-state index contributed by atoms with van der Waals surface area (Å²) in [5.74, 6) is 2.59. The number of ether oxygens (including phenoxy) is 2. The summed E-state index contributed by atoms with van der Waals surface area (Å²) in [6.07, 6.45) is 0. The summed E-state index contributed by atoms with van der Waals surface area (Å²) in [7, 11) is 1.63. The van der Waals surface area contributed by atoms with Crippen molar-refractivity contribution in [2.45, 2.75) is 6.92 Å². The minimum absolute atomic E-state index is 0.0739. The van der Waals surface area contributed by atoms with E-state index >= 15 is 0 Å². The maximum Gasteiger partial charge on any atom is 0.234 e. The summed E-state index contributed by atoms with van der Waals surface area (Å²) < 4.78 is 10.7. The van der Waals surface area contributed by atoms with Crippen LogP contribution in [0.15, 0.2) is 42.5 Å². The molecule has 0 saturated carbocycles. The van der Waals surface area contributed by atoms with Crippen LogP contribution in [0, 0.1) is 6.92 Å². The second kappa shape index (κ2) is 9.45. The van der Waals surface area contributed by atoms with Crippen LogP contribution in [-0.2, 0) is 4.79 Å². The van der Waals surface area contributed by atoms with Crippen LogP contribution in [0.4, 0.5) is 5.69 Å². The first-order chi connectivity index (χ1) is 11.6. The first-order valence-electron chi connectivity index (χ1n) is 7.49. The lowest BCUT2D eigenvalue weighted by molar-refractivity contribution is -0.113. The van der Waals surface area contributed by atoms with E-state index in [0.717, 1.165) is 22.8 Å². The second-order valence-corrected chi connectivity index (χ2v) is 6.62. The molecule has 0 aliphatic heterocycles. The SMILES string of the molecule is COc1ccc(OCCSCC(=O)Nc2ccc(C)cc2Cl)cc1. The zero-order chi connectivity index (χ0) is 17.4. The Morgan fingerprint density at radius 1 is 1.17 bits per heavy atom. The quantitative estimate of drug-likeness (QED) is 0.704. The highest BCUT2D eigenvalue weighted by molar-refractivity contribution is 7.99. The summed E-state index contributed by atoms with van der Waals surface area (Å²) in [5.41, 5.74) is 1.70. The molecule has 0 atom stereocenters. The Hall–Kier alpha value is -1.85. The summed E-state index contributed by atoms with van der Waals surface area (Å²) >= 11 is 7.61. The molecule has 0 radical (unpaired) electrons. The van der Waals surface area contributed by atoms with Crippen molar-refractivity contribution in [3.05, 3.63) is 53.1 Å². The van der Waals surface area contributed by atoms with Crippen LogP contribution in [-0.4, -0.2) is 31.1 Å². The first-order valence-corrected chi connectivity index (χ1v) is 9.02. The van der Waals surface area contributed by atoms with Gasteiger partial charge in [0.05, 0.1) is 30.2 Å². The van der Waals surface area contributed by atoms with E-state index in [1.54, 1.807) is 7.11 Å². The van der Waals surface area contributed by atoms with Crippen molar-refractivity contribution in [2.24, 2.45) is 0 Å². The van der Waals surface area contributed by atoms with Crippen LogP contribution in [0.3, 0.4) is 0 Å². The number of methoxy groups -OCH3 is 1. The number of aryl methyl sites for hydroxylation is 1. The second-order valence-electron chi connectivity index (χ2n) is 5.11. The van der Waals surface area contributed by atoms with Crippen LogP contribution < -0.4 is 14.8 Å². The van der Waals surface area contributed by atoms with Gasteiger partial charge in [0.2, 0.25) is 5.91 Å². The molecule has 0 spiro atoms. The van der Waals surface area contributed by atoms with E-state index in [0.29, 0.717) is 23.1 Å². The summed E-state index contributed by atoms with van der Waals surface area (Å²) in [4.78, 5) is 11.9. The van der Waals surface area contributed by atoms with Gasteiger partial charge in [0, 0.05) is 5.75 Å². The molecule has 0 fully saturated rings. The smallest absolute Gasteiger partial charge is 0.234 e. The van der Waals surface area contributed by atoms with Gasteiger partial charge in [-0.25, -0.2) is 0 Å². The molecule has 128 valence electrons. The minimum Gasteiger partial charge on any atom is -0.497 e. The van der Waals surface area contributed by atoms with Gasteiger partial charge in [0.15, 0.2) is 0 Å². The Labute approximate surface area is 151 Å². The van der Waals surface area contributed by atoms with Gasteiger partial charge in [-0.2, -0.15) is 0 Å². The Kier molecular flexibility index (Phi) is 7.28. The number of carbonyl (C=O) groups excluding carboxylic acids is 1. The molecule has 0 saturated heterocycles. The topological polar surface area (TPSA) is 47.6 Å². The number of anilines is 1. The van der Waals surface area contributed by atoms with Crippen LogP contribution in [0.5, 0.6) is 11.5 Å². The van der Waals surface area contributed by atoms with Crippen molar-refractivity contribution in [1.29, 1.82) is 0 Å². The van der Waals surface area contributed by atoms with E-state index in [9.17, 15) is 4.79 Å². The third kappa shape index (κ3) is 5.98. The Morgan fingerprint density at radius 3 is 2.54 bits per heavy atom. The fourth-order valence-corrected chi connectivity index (χ4v) is 2.85. The van der Waals surface area contributed by atoms with Crippen molar-refractivity contribution in [2.75, 3.05) is 30.5 Å². The van der Waals surface area contributed by atoms with Crippen molar-refractivity contribution in [1.82, 2.24) is 0 Å². The number of halogens is 1. The molecule has 0 bridgehead atoms. The van der Waals surface area contributed by atoms with Crippen LogP contribution >= 0.6 is 23.4 Å². The van der Waals surface area contributed by atoms with E-state index in [-0.39, 0.29) is 5.91 Å². The fraction of sp³-hybridized carbons (Fsp3) is 0.278. The molecule has 0 aliphatic carbocycles. The predicted octanol–water partition coefficient (Wildman–Crippen LogP) is 4.41. The number of nitrogens with one attached hydrogen (secondary N) is 1. The largest absolute Gasteiger partial charge is 0.497 e. The monoisotopic (exact) mass is 365 g/mol. The van der Waals surface area contributed by atoms with E-state index < -0.39 is 0 Å². The van der Waals surface area contributed by atoms with Crippen LogP contribution in [0.25, 0.3) is 0 Å². The lowest BCUT2D eigenvalue weighted by Gasteiger charge is -2.09. The average Bonchev–Trinajstić information content (AvgIpc) is 2.57. The highest BCUT2D eigenvalue weighted by atomic mass is 35.5. The molecule has 6 heteroatoms. The lowest BCUT2D eigenvalue weighted by atomic mass is 10.2. The molecule has 4 nitrogen and oxygen atoms in total. The number of thioether (sulfide) groups is 1. The third-order valence-corrected chi connectivity index (χ3v) is 4.42. The molecule has 2 aromatic carbocycles. The van der Waals surface area contributed by atoms with Gasteiger partial charge in [0.25, 0.3) is 0 Å². The molecule has 2 aromatic rings. The molecular formula is C18H20ClNO3S. The van der Waals surface area contributed by atoms with E-state index in [4.69, 9.17) is 21.1 Å². The number of hydrogen-bond acceptors (Lipinski definition) is 4. The van der Waals surface area contributed by atoms with E-state index in [1.165, 1.54) is 11.8 Å². The van der Waals surface area contributed by atoms with Gasteiger partial charge in [-0.1, -0.05) is 17.7 Å². The molecule has 0 unspecified atom stereocenters. The van der Waals surface area contributed by atoms with Gasteiger partial charge < -0.3 is 14.8 Å². The standard InChI is InChI=1S/C18H20ClNO3S/c1-13-3-8-17(16(19)11-13)20-18(21)12-24-10-9-23-15-6-4-14(22-2)5-7-15/h3-8,11H,9-10,12H2,1-2H3,(H,20,21). The van der Waals surface area contributed by atoms with Crippen molar-refractivity contribution in [3.8, 4) is 11.5 Å². The number of carbonyl (C=O) groups is 1. The van der Waals surface area contributed by atoms with Gasteiger partial charge in [-0.15, -0.1) is 11.8 Å². The molecule has 24 heavy (non-hydrogen) atoms. The highest BCUT2D eigenvalue weighted by Gasteiger charge is 2.06. The molecule has 1 N–H and O–H groups in total. The van der Waals surface area contributed by atoms with Crippen LogP contribution in [0.1, 0.15) is 5.56 Å². The van der Waals surface area contributed by atoms with Gasteiger partial charge >= 0.3 is 0 Å². The lowest BCUT2D eigenvalue weighted by Crippen LogP contribution is -2.15. The summed E-state index contributed by atoms with van der Waals surface area (Å²) in [5, 5.41) is 3.36. The van der Waals surface area contributed by atoms with Crippen molar-refractivity contribution >= 4 is 35.0 Å². The van der Waals surface area contributed by atoms with E-state index in [2.05, 4.69) is 5.32 Å². The molecule has 0 heterocycles. The molecular weight excluding hydrogens is 346 g/mol. The molecule has 0 aromatic heterocycles. The zero-order valence-corrected chi connectivity index (χ0v) is 15.2.